The van der Waals surface area contributed by atoms with Crippen LogP contribution >= 0.6 is 0 Å². The van der Waals surface area contributed by atoms with Gasteiger partial charge in [0, 0.05) is 24.7 Å². The number of carbonyl (C=O) groups excluding carboxylic acids is 1. The predicted octanol–water partition coefficient (Wildman–Crippen LogP) is 2.43. The summed E-state index contributed by atoms with van der Waals surface area (Å²) in [6.07, 6.45) is 3.81. The van der Waals surface area contributed by atoms with Crippen LogP contribution < -0.4 is 10.6 Å². The Morgan fingerprint density at radius 2 is 1.90 bits per heavy atom. The summed E-state index contributed by atoms with van der Waals surface area (Å²) in [4.78, 5) is 11.8. The quantitative estimate of drug-likeness (QED) is 0.729. The smallest absolute Gasteiger partial charge is 0.407 e. The Bertz CT molecular complexity index is 328. The van der Waals surface area contributed by atoms with Crippen LogP contribution in [-0.2, 0) is 4.74 Å². The molecule has 124 valence electrons. The Morgan fingerprint density at radius 3 is 2.48 bits per heavy atom. The Balaban J connectivity index is 2.40. The van der Waals surface area contributed by atoms with E-state index in [4.69, 9.17) is 4.74 Å². The zero-order valence-corrected chi connectivity index (χ0v) is 14.1. The number of hydrogen-bond acceptors (Lipinski definition) is 4. The summed E-state index contributed by atoms with van der Waals surface area (Å²) < 4.78 is 5.31. The highest BCUT2D eigenvalue weighted by Gasteiger charge is 2.26. The molecule has 0 aliphatic heterocycles. The fourth-order valence-electron chi connectivity index (χ4n) is 2.64. The number of carbonyl (C=O) groups is 1. The van der Waals surface area contributed by atoms with E-state index in [0.29, 0.717) is 6.04 Å². The molecule has 0 aromatic carbocycles. The number of aliphatic hydroxyl groups is 1. The number of alkyl carbamates (subject to hydrolysis) is 1. The molecule has 0 saturated heterocycles. The highest BCUT2D eigenvalue weighted by atomic mass is 16.6. The molecule has 5 nitrogen and oxygen atoms in total. The topological polar surface area (TPSA) is 70.6 Å². The largest absolute Gasteiger partial charge is 0.444 e. The van der Waals surface area contributed by atoms with Gasteiger partial charge in [-0.3, -0.25) is 0 Å². The Labute approximate surface area is 128 Å². The second-order valence-electron chi connectivity index (χ2n) is 7.32. The van der Waals surface area contributed by atoms with E-state index in [1.165, 1.54) is 0 Å². The maximum Gasteiger partial charge on any atom is 0.407 e. The maximum absolute atomic E-state index is 11.8. The summed E-state index contributed by atoms with van der Waals surface area (Å²) in [6.45, 7) is 9.95. The fraction of sp³-hybridized carbons (Fsp3) is 0.938. The molecule has 4 unspecified atom stereocenters. The first-order valence-electron chi connectivity index (χ1n) is 8.07. The van der Waals surface area contributed by atoms with Gasteiger partial charge in [0.1, 0.15) is 5.60 Å². The van der Waals surface area contributed by atoms with Crippen LogP contribution in [0.4, 0.5) is 4.79 Å². The Morgan fingerprint density at radius 1 is 1.29 bits per heavy atom. The summed E-state index contributed by atoms with van der Waals surface area (Å²) in [6, 6.07) is 0.839. The standard InChI is InChI=1S/C16H32N2O3/c1-11(10-19)12(2)17-13-7-6-8-14(9-13)18-15(20)21-16(3,4)5/h11-14,17,19H,6-10H2,1-5H3,(H,18,20). The van der Waals surface area contributed by atoms with E-state index in [2.05, 4.69) is 17.6 Å². The van der Waals surface area contributed by atoms with E-state index >= 15 is 0 Å². The minimum absolute atomic E-state index is 0.169. The maximum atomic E-state index is 11.8. The van der Waals surface area contributed by atoms with Gasteiger partial charge in [-0.2, -0.15) is 0 Å². The lowest BCUT2D eigenvalue weighted by atomic mass is 9.89. The van der Waals surface area contributed by atoms with Gasteiger partial charge in [-0.05, 0) is 59.3 Å². The minimum atomic E-state index is -0.457. The first-order valence-corrected chi connectivity index (χ1v) is 8.07. The number of ether oxygens (including phenoxy) is 1. The summed E-state index contributed by atoms with van der Waals surface area (Å²) in [5, 5.41) is 15.7. The van der Waals surface area contributed by atoms with Crippen LogP contribution in [0.15, 0.2) is 0 Å². The molecule has 21 heavy (non-hydrogen) atoms. The molecule has 3 N–H and O–H groups in total. The lowest BCUT2D eigenvalue weighted by Crippen LogP contribution is -2.48. The average Bonchev–Trinajstić information content (AvgIpc) is 2.35. The van der Waals surface area contributed by atoms with Crippen molar-refractivity contribution in [2.24, 2.45) is 5.92 Å². The summed E-state index contributed by atoms with van der Waals surface area (Å²) >= 11 is 0. The van der Waals surface area contributed by atoms with Gasteiger partial charge in [0.2, 0.25) is 0 Å². The molecular formula is C16H32N2O3. The third kappa shape index (κ3) is 7.14. The molecule has 1 amide bonds. The zero-order valence-electron chi connectivity index (χ0n) is 14.1. The van der Waals surface area contributed by atoms with Crippen molar-refractivity contribution in [1.29, 1.82) is 0 Å². The number of hydrogen-bond donors (Lipinski definition) is 3. The molecule has 0 heterocycles. The van der Waals surface area contributed by atoms with Crippen molar-refractivity contribution in [3.8, 4) is 0 Å². The van der Waals surface area contributed by atoms with Crippen LogP contribution in [0.25, 0.3) is 0 Å². The SMILES string of the molecule is CC(CO)C(C)NC1CCCC(NC(=O)OC(C)(C)C)C1. The number of aliphatic hydroxyl groups excluding tert-OH is 1. The first-order chi connectivity index (χ1) is 9.71. The normalized spacial score (nSPS) is 26.0. The first kappa shape index (κ1) is 18.2. The molecule has 1 fully saturated rings. The Hall–Kier alpha value is -0.810. The molecule has 0 radical (unpaired) electrons. The number of amides is 1. The summed E-state index contributed by atoms with van der Waals surface area (Å²) in [7, 11) is 0. The number of nitrogens with one attached hydrogen (secondary N) is 2. The van der Waals surface area contributed by atoms with Gasteiger partial charge < -0.3 is 20.5 Å². The molecule has 0 aromatic rings. The molecule has 1 aliphatic rings. The third-order valence-corrected chi connectivity index (χ3v) is 4.04. The van der Waals surface area contributed by atoms with E-state index in [0.717, 1.165) is 25.7 Å². The third-order valence-electron chi connectivity index (χ3n) is 4.04. The van der Waals surface area contributed by atoms with Crippen molar-refractivity contribution in [1.82, 2.24) is 10.6 Å². The highest BCUT2D eigenvalue weighted by Crippen LogP contribution is 2.20. The van der Waals surface area contributed by atoms with E-state index in [9.17, 15) is 9.90 Å². The predicted molar refractivity (Wildman–Crippen MR) is 84.3 cm³/mol. The van der Waals surface area contributed by atoms with E-state index in [1.807, 2.05) is 27.7 Å². The van der Waals surface area contributed by atoms with Crippen molar-refractivity contribution >= 4 is 6.09 Å². The van der Waals surface area contributed by atoms with Gasteiger partial charge in [0.05, 0.1) is 0 Å². The number of rotatable bonds is 5. The second kappa shape index (κ2) is 7.99. The van der Waals surface area contributed by atoms with E-state index in [-0.39, 0.29) is 30.7 Å². The molecule has 5 heteroatoms. The van der Waals surface area contributed by atoms with Crippen LogP contribution in [0.1, 0.15) is 60.3 Å². The van der Waals surface area contributed by atoms with Crippen LogP contribution in [0, 0.1) is 5.92 Å². The van der Waals surface area contributed by atoms with Crippen molar-refractivity contribution < 1.29 is 14.6 Å². The van der Waals surface area contributed by atoms with Gasteiger partial charge in [-0.15, -0.1) is 0 Å². The average molecular weight is 300 g/mol. The van der Waals surface area contributed by atoms with Crippen LogP contribution in [-0.4, -0.2) is 41.5 Å². The molecular weight excluding hydrogens is 268 g/mol. The molecule has 0 aromatic heterocycles. The van der Waals surface area contributed by atoms with Crippen LogP contribution in [0.5, 0.6) is 0 Å². The fourth-order valence-corrected chi connectivity index (χ4v) is 2.64. The zero-order chi connectivity index (χ0) is 16.0. The highest BCUT2D eigenvalue weighted by molar-refractivity contribution is 5.68. The summed E-state index contributed by atoms with van der Waals surface area (Å²) in [5.41, 5.74) is -0.457. The van der Waals surface area contributed by atoms with E-state index in [1.54, 1.807) is 0 Å². The van der Waals surface area contributed by atoms with Crippen molar-refractivity contribution in [3.05, 3.63) is 0 Å². The van der Waals surface area contributed by atoms with Gasteiger partial charge in [0.25, 0.3) is 0 Å². The van der Waals surface area contributed by atoms with E-state index < -0.39 is 5.60 Å². The minimum Gasteiger partial charge on any atom is -0.444 e. The summed E-state index contributed by atoms with van der Waals surface area (Å²) in [5.74, 6) is 0.240. The van der Waals surface area contributed by atoms with Crippen molar-refractivity contribution in [2.75, 3.05) is 6.61 Å². The molecule has 0 bridgehead atoms. The lowest BCUT2D eigenvalue weighted by Gasteiger charge is -2.34. The van der Waals surface area contributed by atoms with Crippen molar-refractivity contribution in [2.45, 2.75) is 84.0 Å². The van der Waals surface area contributed by atoms with Gasteiger partial charge in [0.15, 0.2) is 0 Å². The Kier molecular flexibility index (Phi) is 6.94. The van der Waals surface area contributed by atoms with Gasteiger partial charge in [-0.1, -0.05) is 6.92 Å². The molecule has 1 rings (SSSR count). The van der Waals surface area contributed by atoms with Gasteiger partial charge >= 0.3 is 6.09 Å². The van der Waals surface area contributed by atoms with Crippen molar-refractivity contribution in [3.63, 3.8) is 0 Å². The molecule has 1 aliphatic carbocycles. The second-order valence-corrected chi connectivity index (χ2v) is 7.32. The molecule has 1 saturated carbocycles. The van der Waals surface area contributed by atoms with Crippen LogP contribution in [0.3, 0.4) is 0 Å². The molecule has 4 atom stereocenters. The van der Waals surface area contributed by atoms with Gasteiger partial charge in [-0.25, -0.2) is 4.79 Å². The lowest BCUT2D eigenvalue weighted by molar-refractivity contribution is 0.0487. The van der Waals surface area contributed by atoms with Crippen LogP contribution in [0.2, 0.25) is 0 Å². The molecule has 0 spiro atoms. The monoisotopic (exact) mass is 300 g/mol.